The Balaban J connectivity index is 2.14. The summed E-state index contributed by atoms with van der Waals surface area (Å²) in [5.41, 5.74) is 2.38. The molecule has 4 heteroatoms. The Hall–Kier alpha value is -1.84. The fourth-order valence-corrected chi connectivity index (χ4v) is 2.51. The summed E-state index contributed by atoms with van der Waals surface area (Å²) in [4.78, 5) is 22.8. The van der Waals surface area contributed by atoms with E-state index < -0.39 is 5.97 Å². The third-order valence-corrected chi connectivity index (χ3v) is 3.40. The average molecular weight is 261 g/mol. The smallest absolute Gasteiger partial charge is 0.335 e. The number of amides is 1. The molecule has 2 N–H and O–H groups in total. The summed E-state index contributed by atoms with van der Waals surface area (Å²) in [6.45, 7) is 4.01. The lowest BCUT2D eigenvalue weighted by molar-refractivity contribution is -0.122. The number of carboxylic acid groups (broad SMARTS) is 1. The van der Waals surface area contributed by atoms with Gasteiger partial charge in [0, 0.05) is 6.42 Å². The quantitative estimate of drug-likeness (QED) is 0.875. The Morgan fingerprint density at radius 2 is 2.16 bits per heavy atom. The second-order valence-corrected chi connectivity index (χ2v) is 5.48. The van der Waals surface area contributed by atoms with Crippen LogP contribution in [0.5, 0.6) is 0 Å². The van der Waals surface area contributed by atoms with Crippen molar-refractivity contribution in [3.63, 3.8) is 0 Å². The molecule has 102 valence electrons. The zero-order valence-corrected chi connectivity index (χ0v) is 11.3. The van der Waals surface area contributed by atoms with E-state index in [-0.39, 0.29) is 17.5 Å². The van der Waals surface area contributed by atoms with Crippen LogP contribution in [0.15, 0.2) is 18.2 Å². The number of benzene rings is 1. The van der Waals surface area contributed by atoms with E-state index in [9.17, 15) is 9.59 Å². The van der Waals surface area contributed by atoms with Crippen molar-refractivity contribution in [1.29, 1.82) is 0 Å². The molecule has 0 radical (unpaired) electrons. The standard InChI is InChI=1S/C15H19NO3/c1-9(2)7-14(17)16-13-6-5-10-3-4-11(15(18)19)8-12(10)13/h3-4,8-9,13H,5-7H2,1-2H3,(H,16,17)(H,18,19)/t13-/m1/s1. The number of carbonyl (C=O) groups is 2. The van der Waals surface area contributed by atoms with Crippen molar-refractivity contribution < 1.29 is 14.7 Å². The predicted molar refractivity (Wildman–Crippen MR) is 72.1 cm³/mol. The van der Waals surface area contributed by atoms with Gasteiger partial charge in [-0.2, -0.15) is 0 Å². The van der Waals surface area contributed by atoms with E-state index in [1.807, 2.05) is 19.9 Å². The van der Waals surface area contributed by atoms with Crippen LogP contribution >= 0.6 is 0 Å². The van der Waals surface area contributed by atoms with Crippen LogP contribution in [-0.4, -0.2) is 17.0 Å². The number of carboxylic acids is 1. The summed E-state index contributed by atoms with van der Waals surface area (Å²) in [7, 11) is 0. The molecule has 0 spiro atoms. The summed E-state index contributed by atoms with van der Waals surface area (Å²) < 4.78 is 0. The van der Waals surface area contributed by atoms with Crippen molar-refractivity contribution in [2.75, 3.05) is 0 Å². The van der Waals surface area contributed by atoms with E-state index in [2.05, 4.69) is 5.32 Å². The Morgan fingerprint density at radius 1 is 1.42 bits per heavy atom. The normalized spacial score (nSPS) is 17.3. The maximum Gasteiger partial charge on any atom is 0.335 e. The van der Waals surface area contributed by atoms with Gasteiger partial charge in [-0.1, -0.05) is 19.9 Å². The highest BCUT2D eigenvalue weighted by Crippen LogP contribution is 2.32. The number of carbonyl (C=O) groups excluding carboxylic acids is 1. The van der Waals surface area contributed by atoms with Gasteiger partial charge in [0.2, 0.25) is 5.91 Å². The lowest BCUT2D eigenvalue weighted by Gasteiger charge is -2.15. The Morgan fingerprint density at radius 3 is 2.79 bits per heavy atom. The highest BCUT2D eigenvalue weighted by molar-refractivity contribution is 5.88. The van der Waals surface area contributed by atoms with Gasteiger partial charge in [0.25, 0.3) is 0 Å². The molecule has 0 bridgehead atoms. The molecule has 1 aromatic rings. The van der Waals surface area contributed by atoms with E-state index in [4.69, 9.17) is 5.11 Å². The molecule has 4 nitrogen and oxygen atoms in total. The molecule has 0 unspecified atom stereocenters. The molecule has 1 aliphatic rings. The number of aromatic carboxylic acids is 1. The van der Waals surface area contributed by atoms with E-state index in [1.165, 1.54) is 0 Å². The van der Waals surface area contributed by atoms with Crippen molar-refractivity contribution in [2.24, 2.45) is 5.92 Å². The number of hydrogen-bond acceptors (Lipinski definition) is 2. The number of nitrogens with one attached hydrogen (secondary N) is 1. The lowest BCUT2D eigenvalue weighted by Crippen LogP contribution is -2.28. The monoisotopic (exact) mass is 261 g/mol. The van der Waals surface area contributed by atoms with Crippen LogP contribution < -0.4 is 5.32 Å². The highest BCUT2D eigenvalue weighted by atomic mass is 16.4. The second-order valence-electron chi connectivity index (χ2n) is 5.48. The first kappa shape index (κ1) is 13.6. The Bertz CT molecular complexity index is 508. The third-order valence-electron chi connectivity index (χ3n) is 3.40. The van der Waals surface area contributed by atoms with Crippen LogP contribution in [0.1, 0.15) is 54.2 Å². The van der Waals surface area contributed by atoms with E-state index in [0.717, 1.165) is 24.0 Å². The first-order chi connectivity index (χ1) is 8.97. The summed E-state index contributed by atoms with van der Waals surface area (Å²) in [6.07, 6.45) is 2.24. The summed E-state index contributed by atoms with van der Waals surface area (Å²) in [5.74, 6) is -0.568. The van der Waals surface area contributed by atoms with Gasteiger partial charge >= 0.3 is 5.97 Å². The van der Waals surface area contributed by atoms with Crippen LogP contribution in [0.4, 0.5) is 0 Å². The summed E-state index contributed by atoms with van der Waals surface area (Å²) in [6, 6.07) is 5.12. The number of rotatable bonds is 4. The molecule has 0 aromatic heterocycles. The Labute approximate surface area is 112 Å². The first-order valence-electron chi connectivity index (χ1n) is 6.63. The fraction of sp³-hybridized carbons (Fsp3) is 0.467. The molecule has 2 rings (SSSR count). The van der Waals surface area contributed by atoms with Gasteiger partial charge in [-0.05, 0) is 42.0 Å². The van der Waals surface area contributed by atoms with Crippen LogP contribution in [0, 0.1) is 5.92 Å². The van der Waals surface area contributed by atoms with Crippen molar-refractivity contribution >= 4 is 11.9 Å². The van der Waals surface area contributed by atoms with Crippen LogP contribution in [0.2, 0.25) is 0 Å². The van der Waals surface area contributed by atoms with Gasteiger partial charge in [-0.15, -0.1) is 0 Å². The molecule has 1 aliphatic carbocycles. The largest absolute Gasteiger partial charge is 0.478 e. The minimum atomic E-state index is -0.929. The molecule has 0 fully saturated rings. The molecule has 1 amide bonds. The van der Waals surface area contributed by atoms with Crippen LogP contribution in [-0.2, 0) is 11.2 Å². The lowest BCUT2D eigenvalue weighted by atomic mass is 10.0. The molecule has 1 aromatic carbocycles. The van der Waals surface area contributed by atoms with E-state index in [0.29, 0.717) is 12.3 Å². The minimum absolute atomic E-state index is 0.0357. The van der Waals surface area contributed by atoms with Crippen molar-refractivity contribution in [3.05, 3.63) is 34.9 Å². The topological polar surface area (TPSA) is 66.4 Å². The maximum atomic E-state index is 11.8. The van der Waals surface area contributed by atoms with Gasteiger partial charge in [-0.25, -0.2) is 4.79 Å². The van der Waals surface area contributed by atoms with E-state index in [1.54, 1.807) is 12.1 Å². The maximum absolute atomic E-state index is 11.8. The van der Waals surface area contributed by atoms with Gasteiger partial charge < -0.3 is 10.4 Å². The molecule has 0 heterocycles. The second kappa shape index (κ2) is 5.43. The van der Waals surface area contributed by atoms with Gasteiger partial charge in [0.05, 0.1) is 11.6 Å². The molecule has 0 saturated heterocycles. The molecule has 1 atom stereocenters. The average Bonchev–Trinajstić information content (AvgIpc) is 2.70. The molecule has 0 saturated carbocycles. The SMILES string of the molecule is CC(C)CC(=O)N[C@@H]1CCc2ccc(C(=O)O)cc21. The highest BCUT2D eigenvalue weighted by Gasteiger charge is 2.25. The minimum Gasteiger partial charge on any atom is -0.478 e. The third kappa shape index (κ3) is 3.13. The van der Waals surface area contributed by atoms with Gasteiger partial charge in [0.1, 0.15) is 0 Å². The molecule has 0 aliphatic heterocycles. The van der Waals surface area contributed by atoms with Crippen molar-refractivity contribution in [1.82, 2.24) is 5.32 Å². The zero-order valence-electron chi connectivity index (χ0n) is 11.3. The number of hydrogen-bond donors (Lipinski definition) is 2. The van der Waals surface area contributed by atoms with Crippen molar-refractivity contribution in [2.45, 2.75) is 39.2 Å². The number of aryl methyl sites for hydroxylation is 1. The van der Waals surface area contributed by atoms with Gasteiger partial charge in [-0.3, -0.25) is 4.79 Å². The molecular weight excluding hydrogens is 242 g/mol. The van der Waals surface area contributed by atoms with Crippen LogP contribution in [0.25, 0.3) is 0 Å². The summed E-state index contributed by atoms with van der Waals surface area (Å²) >= 11 is 0. The fourth-order valence-electron chi connectivity index (χ4n) is 2.51. The predicted octanol–water partition coefficient (Wildman–Crippen LogP) is 2.53. The summed E-state index contributed by atoms with van der Waals surface area (Å²) in [5, 5.41) is 12.0. The first-order valence-corrected chi connectivity index (χ1v) is 6.63. The molecular formula is C15H19NO3. The zero-order chi connectivity index (χ0) is 14.0. The Kier molecular flexibility index (Phi) is 3.88. The van der Waals surface area contributed by atoms with E-state index >= 15 is 0 Å². The number of fused-ring (bicyclic) bond motifs is 1. The van der Waals surface area contributed by atoms with Crippen LogP contribution in [0.3, 0.4) is 0 Å². The van der Waals surface area contributed by atoms with Gasteiger partial charge in [0.15, 0.2) is 0 Å². The van der Waals surface area contributed by atoms with Crippen molar-refractivity contribution in [3.8, 4) is 0 Å². The molecule has 19 heavy (non-hydrogen) atoms.